The fourth-order valence-electron chi connectivity index (χ4n) is 2.35. The first-order chi connectivity index (χ1) is 12.3. The van der Waals surface area contributed by atoms with Crippen LogP contribution < -0.4 is 19.5 Å². The van der Waals surface area contributed by atoms with Crippen LogP contribution in [-0.2, 0) is 0 Å². The molecule has 1 unspecified atom stereocenters. The third-order valence-electron chi connectivity index (χ3n) is 3.65. The van der Waals surface area contributed by atoms with Crippen molar-refractivity contribution in [3.8, 4) is 17.2 Å². The van der Waals surface area contributed by atoms with Gasteiger partial charge in [0.15, 0.2) is 11.5 Å². The fourth-order valence-corrected chi connectivity index (χ4v) is 3.26. The monoisotopic (exact) mass is 380 g/mol. The average molecular weight is 380 g/mol. The number of carboxylic acid groups (broad SMARTS) is 1. The number of aromatic nitrogens is 1. The Morgan fingerprint density at radius 2 is 1.73 bits per heavy atom. The zero-order valence-electron chi connectivity index (χ0n) is 15.1. The van der Waals surface area contributed by atoms with Crippen LogP contribution in [0.15, 0.2) is 12.1 Å². The number of ether oxygens (including phenoxy) is 3. The molecule has 1 aromatic carbocycles. The molecule has 2 N–H and O–H groups in total. The van der Waals surface area contributed by atoms with Gasteiger partial charge in [-0.25, -0.2) is 9.78 Å². The molecule has 140 valence electrons. The molecule has 0 radical (unpaired) electrons. The third-order valence-corrected chi connectivity index (χ3v) is 4.98. The summed E-state index contributed by atoms with van der Waals surface area (Å²) in [5.41, 5.74) is 0.740. The summed E-state index contributed by atoms with van der Waals surface area (Å²) in [5.74, 6) is -0.289. The lowest BCUT2D eigenvalue weighted by Crippen LogP contribution is -2.26. The predicted octanol–water partition coefficient (Wildman–Crippen LogP) is 2.67. The van der Waals surface area contributed by atoms with Gasteiger partial charge in [0.2, 0.25) is 5.75 Å². The highest BCUT2D eigenvalue weighted by Gasteiger charge is 2.21. The van der Waals surface area contributed by atoms with E-state index in [2.05, 4.69) is 10.3 Å². The molecule has 0 bridgehead atoms. The van der Waals surface area contributed by atoms with Gasteiger partial charge in [0.1, 0.15) is 9.88 Å². The van der Waals surface area contributed by atoms with E-state index in [0.717, 1.165) is 11.3 Å². The smallest absolute Gasteiger partial charge is 0.347 e. The highest BCUT2D eigenvalue weighted by Crippen LogP contribution is 2.38. The predicted molar refractivity (Wildman–Crippen MR) is 95.8 cm³/mol. The van der Waals surface area contributed by atoms with Crippen LogP contribution in [0, 0.1) is 6.92 Å². The van der Waals surface area contributed by atoms with E-state index < -0.39 is 12.0 Å². The Morgan fingerprint density at radius 1 is 1.15 bits per heavy atom. The van der Waals surface area contributed by atoms with Gasteiger partial charge in [-0.15, -0.1) is 11.3 Å². The van der Waals surface area contributed by atoms with Crippen molar-refractivity contribution in [3.63, 3.8) is 0 Å². The van der Waals surface area contributed by atoms with Crippen LogP contribution in [-0.4, -0.2) is 43.3 Å². The van der Waals surface area contributed by atoms with Gasteiger partial charge in [-0.3, -0.25) is 4.79 Å². The molecule has 2 aromatic rings. The minimum absolute atomic E-state index is 0.161. The summed E-state index contributed by atoms with van der Waals surface area (Å²) in [4.78, 5) is 28.1. The number of aryl methyl sites for hydroxylation is 1. The molecule has 8 nitrogen and oxygen atoms in total. The SMILES string of the molecule is COc1cc(C(=O)NC(C)c2nc(C)c(C(=O)O)s2)cc(OC)c1OC. The first-order valence-electron chi connectivity index (χ1n) is 7.63. The number of carboxylic acids is 1. The summed E-state index contributed by atoms with van der Waals surface area (Å²) in [5, 5.41) is 12.4. The largest absolute Gasteiger partial charge is 0.493 e. The lowest BCUT2D eigenvalue weighted by atomic mass is 10.1. The number of benzene rings is 1. The highest BCUT2D eigenvalue weighted by atomic mass is 32.1. The molecule has 0 saturated carbocycles. The van der Waals surface area contributed by atoms with Crippen molar-refractivity contribution in [2.45, 2.75) is 19.9 Å². The lowest BCUT2D eigenvalue weighted by molar-refractivity contribution is 0.0701. The van der Waals surface area contributed by atoms with Gasteiger partial charge < -0.3 is 24.6 Å². The zero-order chi connectivity index (χ0) is 19.4. The van der Waals surface area contributed by atoms with Crippen LogP contribution in [0.3, 0.4) is 0 Å². The van der Waals surface area contributed by atoms with E-state index in [1.807, 2.05) is 0 Å². The second kappa shape index (κ2) is 8.05. The molecule has 0 saturated heterocycles. The van der Waals surface area contributed by atoms with Crippen molar-refractivity contribution in [3.05, 3.63) is 33.3 Å². The molecule has 0 aliphatic carbocycles. The van der Waals surface area contributed by atoms with Gasteiger partial charge >= 0.3 is 5.97 Å². The molecule has 9 heteroatoms. The number of aromatic carboxylic acids is 1. The number of hydrogen-bond acceptors (Lipinski definition) is 7. The van der Waals surface area contributed by atoms with Crippen LogP contribution in [0.25, 0.3) is 0 Å². The van der Waals surface area contributed by atoms with Gasteiger partial charge in [-0.2, -0.15) is 0 Å². The standard InChI is InChI=1S/C17H20N2O6S/c1-8-14(17(21)22)26-16(19-8)9(2)18-15(20)10-6-11(23-3)13(25-5)12(7-10)24-4/h6-7,9H,1-5H3,(H,18,20)(H,21,22). The third kappa shape index (κ3) is 3.88. The lowest BCUT2D eigenvalue weighted by Gasteiger charge is -2.15. The van der Waals surface area contributed by atoms with Crippen molar-refractivity contribution >= 4 is 23.2 Å². The fraction of sp³-hybridized carbons (Fsp3) is 0.353. The van der Waals surface area contributed by atoms with E-state index in [4.69, 9.17) is 19.3 Å². The number of amides is 1. The van der Waals surface area contributed by atoms with E-state index in [0.29, 0.717) is 33.5 Å². The number of methoxy groups -OCH3 is 3. The number of rotatable bonds is 7. The van der Waals surface area contributed by atoms with E-state index >= 15 is 0 Å². The minimum Gasteiger partial charge on any atom is -0.493 e. The molecule has 0 aliphatic heterocycles. The molecule has 1 aromatic heterocycles. The van der Waals surface area contributed by atoms with Crippen molar-refractivity contribution in [2.75, 3.05) is 21.3 Å². The van der Waals surface area contributed by atoms with Crippen molar-refractivity contribution in [2.24, 2.45) is 0 Å². The minimum atomic E-state index is -1.03. The number of carbonyl (C=O) groups excluding carboxylic acids is 1. The molecule has 1 atom stereocenters. The number of thiazole rings is 1. The quantitative estimate of drug-likeness (QED) is 0.760. The first-order valence-corrected chi connectivity index (χ1v) is 8.45. The molecule has 1 amide bonds. The second-order valence-electron chi connectivity index (χ2n) is 5.38. The molecule has 0 aliphatic rings. The number of nitrogens with one attached hydrogen (secondary N) is 1. The molecule has 0 spiro atoms. The van der Waals surface area contributed by atoms with Crippen LogP contribution in [0.5, 0.6) is 17.2 Å². The van der Waals surface area contributed by atoms with Gasteiger partial charge in [0, 0.05) is 5.56 Å². The van der Waals surface area contributed by atoms with E-state index in [9.17, 15) is 9.59 Å². The molecule has 1 heterocycles. The molecular formula is C17H20N2O6S. The van der Waals surface area contributed by atoms with Gasteiger partial charge in [-0.1, -0.05) is 0 Å². The Bertz CT molecular complexity index is 808. The Hall–Kier alpha value is -2.81. The Balaban J connectivity index is 2.26. The second-order valence-corrected chi connectivity index (χ2v) is 6.41. The summed E-state index contributed by atoms with van der Waals surface area (Å²) in [6.45, 7) is 3.36. The van der Waals surface area contributed by atoms with Crippen molar-refractivity contribution in [1.82, 2.24) is 10.3 Å². The molecule has 0 fully saturated rings. The van der Waals surface area contributed by atoms with Gasteiger partial charge in [0.25, 0.3) is 5.91 Å². The number of nitrogens with zero attached hydrogens (tertiary/aromatic N) is 1. The summed E-state index contributed by atoms with van der Waals surface area (Å²) in [7, 11) is 4.41. The van der Waals surface area contributed by atoms with Gasteiger partial charge in [0.05, 0.1) is 33.1 Å². The van der Waals surface area contributed by atoms with E-state index in [-0.39, 0.29) is 10.8 Å². The molecular weight excluding hydrogens is 360 g/mol. The van der Waals surface area contributed by atoms with Gasteiger partial charge in [-0.05, 0) is 26.0 Å². The number of carbonyl (C=O) groups is 2. The van der Waals surface area contributed by atoms with Crippen LogP contribution in [0.1, 0.15) is 43.7 Å². The summed E-state index contributed by atoms with van der Waals surface area (Å²) in [6, 6.07) is 2.62. The maximum atomic E-state index is 12.6. The number of hydrogen-bond donors (Lipinski definition) is 2. The highest BCUT2D eigenvalue weighted by molar-refractivity contribution is 7.13. The van der Waals surface area contributed by atoms with E-state index in [1.54, 1.807) is 26.0 Å². The van der Waals surface area contributed by atoms with E-state index in [1.165, 1.54) is 21.3 Å². The van der Waals surface area contributed by atoms with Crippen LogP contribution >= 0.6 is 11.3 Å². The normalized spacial score (nSPS) is 11.6. The van der Waals surface area contributed by atoms with Crippen LogP contribution in [0.4, 0.5) is 0 Å². The molecule has 2 rings (SSSR count). The summed E-state index contributed by atoms with van der Waals surface area (Å²) < 4.78 is 15.7. The maximum absolute atomic E-state index is 12.6. The first kappa shape index (κ1) is 19.5. The van der Waals surface area contributed by atoms with Crippen molar-refractivity contribution in [1.29, 1.82) is 0 Å². The zero-order valence-corrected chi connectivity index (χ0v) is 15.9. The maximum Gasteiger partial charge on any atom is 0.347 e. The summed E-state index contributed by atoms with van der Waals surface area (Å²) in [6.07, 6.45) is 0. The topological polar surface area (TPSA) is 107 Å². The Morgan fingerprint density at radius 3 is 2.15 bits per heavy atom. The molecule has 26 heavy (non-hydrogen) atoms. The van der Waals surface area contributed by atoms with Crippen LogP contribution in [0.2, 0.25) is 0 Å². The summed E-state index contributed by atoms with van der Waals surface area (Å²) >= 11 is 1.04. The Kier molecular flexibility index (Phi) is 6.04. The average Bonchev–Trinajstić information content (AvgIpc) is 3.02. The Labute approximate surface area is 154 Å². The van der Waals surface area contributed by atoms with Crippen molar-refractivity contribution < 1.29 is 28.9 Å².